The van der Waals surface area contributed by atoms with E-state index in [1.54, 1.807) is 24.3 Å². The van der Waals surface area contributed by atoms with Crippen molar-refractivity contribution in [2.75, 3.05) is 5.32 Å². The Morgan fingerprint density at radius 1 is 1.17 bits per heavy atom. The van der Waals surface area contributed by atoms with Gasteiger partial charge in [0.1, 0.15) is 6.04 Å². The number of carbonyl (C=O) groups is 1. The molecule has 0 aliphatic rings. The molecule has 2 N–H and O–H groups in total. The monoisotopic (exact) mass is 451 g/mol. The highest BCUT2D eigenvalue weighted by atomic mass is 35.5. The molecule has 0 saturated carbocycles. The van der Waals surface area contributed by atoms with Gasteiger partial charge in [0, 0.05) is 23.8 Å². The van der Waals surface area contributed by atoms with Crippen LogP contribution in [0.5, 0.6) is 0 Å². The van der Waals surface area contributed by atoms with Crippen molar-refractivity contribution < 1.29 is 17.6 Å². The van der Waals surface area contributed by atoms with E-state index >= 15 is 0 Å². The maximum absolute atomic E-state index is 12.9. The fourth-order valence-corrected chi connectivity index (χ4v) is 4.33. The molecule has 8 nitrogen and oxygen atoms in total. The summed E-state index contributed by atoms with van der Waals surface area (Å²) in [6, 6.07) is 9.64. The molecular formula is C20H22ClN3O5S. The van der Waals surface area contributed by atoms with Crippen molar-refractivity contribution >= 4 is 44.3 Å². The molecule has 0 unspecified atom stereocenters. The molecule has 1 atom stereocenters. The molecule has 0 aliphatic heterocycles. The van der Waals surface area contributed by atoms with Gasteiger partial charge in [-0.05, 0) is 48.7 Å². The molecule has 160 valence electrons. The summed E-state index contributed by atoms with van der Waals surface area (Å²) in [5.41, 5.74) is 1.12. The Labute approximate surface area is 178 Å². The van der Waals surface area contributed by atoms with E-state index in [4.69, 9.17) is 16.0 Å². The Kier molecular flexibility index (Phi) is 6.35. The number of carbonyl (C=O) groups excluding carboxylic acids is 1. The van der Waals surface area contributed by atoms with Crippen LogP contribution >= 0.6 is 11.6 Å². The number of nitrogens with one attached hydrogen (secondary N) is 2. The fraction of sp³-hybridized carbons (Fsp3) is 0.300. The number of fused-ring (bicyclic) bond motifs is 1. The smallest absolute Gasteiger partial charge is 0.408 e. The first-order chi connectivity index (χ1) is 14.1. The van der Waals surface area contributed by atoms with E-state index < -0.39 is 27.7 Å². The van der Waals surface area contributed by atoms with Crippen molar-refractivity contribution in [2.45, 2.75) is 31.2 Å². The van der Waals surface area contributed by atoms with Crippen LogP contribution in [-0.2, 0) is 21.9 Å². The van der Waals surface area contributed by atoms with Crippen LogP contribution < -0.4 is 15.8 Å². The minimum atomic E-state index is -4.05. The number of anilines is 1. The molecule has 10 heteroatoms. The zero-order chi connectivity index (χ0) is 22.1. The second kappa shape index (κ2) is 8.63. The minimum absolute atomic E-state index is 0.0586. The van der Waals surface area contributed by atoms with Gasteiger partial charge in [0.25, 0.3) is 0 Å². The first-order valence-electron chi connectivity index (χ1n) is 9.25. The molecule has 0 radical (unpaired) electrons. The maximum atomic E-state index is 12.9. The lowest BCUT2D eigenvalue weighted by molar-refractivity contribution is -0.118. The number of oxazole rings is 1. The van der Waals surface area contributed by atoms with Gasteiger partial charge in [-0.25, -0.2) is 13.2 Å². The summed E-state index contributed by atoms with van der Waals surface area (Å²) in [7, 11) is -2.52. The van der Waals surface area contributed by atoms with Gasteiger partial charge in [-0.15, -0.1) is 0 Å². The van der Waals surface area contributed by atoms with Crippen LogP contribution in [0.3, 0.4) is 0 Å². The Hall–Kier alpha value is -2.62. The number of benzene rings is 2. The highest BCUT2D eigenvalue weighted by molar-refractivity contribution is 7.89. The summed E-state index contributed by atoms with van der Waals surface area (Å²) in [6.45, 7) is 3.78. The number of aromatic nitrogens is 1. The predicted molar refractivity (Wildman–Crippen MR) is 115 cm³/mol. The number of rotatable bonds is 7. The molecule has 1 heterocycles. The molecule has 3 rings (SSSR count). The van der Waals surface area contributed by atoms with Crippen molar-refractivity contribution in [3.63, 3.8) is 0 Å². The van der Waals surface area contributed by atoms with Crippen LogP contribution in [0.15, 0.2) is 56.6 Å². The Morgan fingerprint density at radius 2 is 1.83 bits per heavy atom. The zero-order valence-electron chi connectivity index (χ0n) is 16.7. The lowest BCUT2D eigenvalue weighted by Gasteiger charge is -2.20. The van der Waals surface area contributed by atoms with E-state index in [0.29, 0.717) is 22.6 Å². The first-order valence-corrected chi connectivity index (χ1v) is 11.1. The van der Waals surface area contributed by atoms with Gasteiger partial charge in [0.05, 0.1) is 10.4 Å². The predicted octanol–water partition coefficient (Wildman–Crippen LogP) is 3.12. The van der Waals surface area contributed by atoms with E-state index in [9.17, 15) is 18.0 Å². The SMILES string of the molecule is CC(C)C[C@H](NS(=O)(=O)c1ccc2c(c1)oc(=O)n2C)C(=O)Nc1ccc(Cl)cc1. The molecular weight excluding hydrogens is 430 g/mol. The van der Waals surface area contributed by atoms with Gasteiger partial charge in [0.2, 0.25) is 15.9 Å². The normalized spacial score (nSPS) is 13.0. The largest absolute Gasteiger partial charge is 0.419 e. The second-order valence-electron chi connectivity index (χ2n) is 7.36. The topological polar surface area (TPSA) is 110 Å². The molecule has 0 saturated heterocycles. The lowest BCUT2D eigenvalue weighted by atomic mass is 10.0. The standard InChI is InChI=1S/C20H22ClN3O5S/c1-12(2)10-16(19(25)22-14-6-4-13(21)5-7-14)23-30(27,28)15-8-9-17-18(11-15)29-20(26)24(17)3/h4-9,11-12,16,23H,10H2,1-3H3,(H,22,25)/t16-/m0/s1. The van der Waals surface area contributed by atoms with Gasteiger partial charge < -0.3 is 9.73 Å². The summed E-state index contributed by atoms with van der Waals surface area (Å²) in [5.74, 6) is -1.02. The summed E-state index contributed by atoms with van der Waals surface area (Å²) in [6.07, 6.45) is 0.293. The average Bonchev–Trinajstić information content (AvgIpc) is 2.96. The van der Waals surface area contributed by atoms with Crippen molar-refractivity contribution in [2.24, 2.45) is 13.0 Å². The molecule has 1 amide bonds. The third kappa shape index (κ3) is 4.92. The van der Waals surface area contributed by atoms with Crippen molar-refractivity contribution in [1.82, 2.24) is 9.29 Å². The van der Waals surface area contributed by atoms with Gasteiger partial charge in [0.15, 0.2) is 5.58 Å². The summed E-state index contributed by atoms with van der Waals surface area (Å²) >= 11 is 5.85. The Bertz CT molecular complexity index is 1230. The summed E-state index contributed by atoms with van der Waals surface area (Å²) < 4.78 is 34.7. The van der Waals surface area contributed by atoms with E-state index in [-0.39, 0.29) is 16.4 Å². The first kappa shape index (κ1) is 22.1. The minimum Gasteiger partial charge on any atom is -0.408 e. The van der Waals surface area contributed by atoms with Gasteiger partial charge >= 0.3 is 5.76 Å². The maximum Gasteiger partial charge on any atom is 0.419 e. The second-order valence-corrected chi connectivity index (χ2v) is 9.51. The molecule has 30 heavy (non-hydrogen) atoms. The number of hydrogen-bond donors (Lipinski definition) is 2. The number of hydrogen-bond acceptors (Lipinski definition) is 5. The van der Waals surface area contributed by atoms with Gasteiger partial charge in [-0.1, -0.05) is 25.4 Å². The van der Waals surface area contributed by atoms with Crippen LogP contribution in [0, 0.1) is 5.92 Å². The van der Waals surface area contributed by atoms with Crippen molar-refractivity contribution in [1.29, 1.82) is 0 Å². The van der Waals surface area contributed by atoms with Crippen LogP contribution in [0.25, 0.3) is 11.1 Å². The quantitative estimate of drug-likeness (QED) is 0.573. The average molecular weight is 452 g/mol. The third-order valence-electron chi connectivity index (χ3n) is 4.51. The molecule has 0 fully saturated rings. The van der Waals surface area contributed by atoms with Crippen LogP contribution in [0.2, 0.25) is 5.02 Å². The number of nitrogens with zero attached hydrogens (tertiary/aromatic N) is 1. The van der Waals surface area contributed by atoms with Crippen LogP contribution in [-0.4, -0.2) is 24.9 Å². The third-order valence-corrected chi connectivity index (χ3v) is 6.23. The molecule has 0 spiro atoms. The lowest BCUT2D eigenvalue weighted by Crippen LogP contribution is -2.44. The number of aryl methyl sites for hydroxylation is 1. The number of sulfonamides is 1. The summed E-state index contributed by atoms with van der Waals surface area (Å²) in [5, 5.41) is 3.22. The Balaban J connectivity index is 1.86. The molecule has 0 aliphatic carbocycles. The van der Waals surface area contributed by atoms with Gasteiger partial charge in [-0.3, -0.25) is 9.36 Å². The van der Waals surface area contributed by atoms with Crippen LogP contribution in [0.4, 0.5) is 5.69 Å². The molecule has 2 aromatic carbocycles. The Morgan fingerprint density at radius 3 is 2.47 bits per heavy atom. The van der Waals surface area contributed by atoms with E-state index in [2.05, 4.69) is 10.0 Å². The number of halogens is 1. The van der Waals surface area contributed by atoms with Crippen molar-refractivity contribution in [3.05, 3.63) is 58.0 Å². The molecule has 3 aromatic rings. The van der Waals surface area contributed by atoms with E-state index in [1.807, 2.05) is 13.8 Å². The fourth-order valence-electron chi connectivity index (χ4n) is 2.98. The molecule has 1 aromatic heterocycles. The van der Waals surface area contributed by atoms with E-state index in [1.165, 1.54) is 29.8 Å². The van der Waals surface area contributed by atoms with Gasteiger partial charge in [-0.2, -0.15) is 4.72 Å². The highest BCUT2D eigenvalue weighted by Crippen LogP contribution is 2.20. The molecule has 0 bridgehead atoms. The summed E-state index contributed by atoms with van der Waals surface area (Å²) in [4.78, 5) is 24.3. The highest BCUT2D eigenvalue weighted by Gasteiger charge is 2.27. The number of amides is 1. The zero-order valence-corrected chi connectivity index (χ0v) is 18.3. The van der Waals surface area contributed by atoms with Crippen LogP contribution in [0.1, 0.15) is 20.3 Å². The van der Waals surface area contributed by atoms with Crippen molar-refractivity contribution in [3.8, 4) is 0 Å². The van der Waals surface area contributed by atoms with E-state index in [0.717, 1.165) is 0 Å².